The van der Waals surface area contributed by atoms with Crippen molar-refractivity contribution in [2.75, 3.05) is 0 Å². The molecule has 0 aromatic heterocycles. The Morgan fingerprint density at radius 2 is 2.21 bits per heavy atom. The second-order valence-corrected chi connectivity index (χ2v) is 3.91. The van der Waals surface area contributed by atoms with Gasteiger partial charge in [-0.1, -0.05) is 19.9 Å². The van der Waals surface area contributed by atoms with Crippen molar-refractivity contribution in [2.24, 2.45) is 0 Å². The maximum Gasteiger partial charge on any atom is 0.167 e. The molecular formula is C12H14O2. The molecule has 0 spiro atoms. The van der Waals surface area contributed by atoms with Gasteiger partial charge in [0.15, 0.2) is 5.78 Å². The largest absolute Gasteiger partial charge is 0.507 e. The molecule has 0 heterocycles. The Kier molecular flexibility index (Phi) is 2.06. The van der Waals surface area contributed by atoms with E-state index in [1.807, 2.05) is 13.0 Å². The lowest BCUT2D eigenvalue weighted by Crippen LogP contribution is -1.96. The number of aromatic hydroxyl groups is 1. The highest BCUT2D eigenvalue weighted by Gasteiger charge is 2.30. The maximum absolute atomic E-state index is 11.6. The number of rotatable bonds is 1. The lowest BCUT2D eigenvalue weighted by Gasteiger charge is -2.10. The first-order chi connectivity index (χ1) is 6.65. The maximum atomic E-state index is 11.6. The van der Waals surface area contributed by atoms with Gasteiger partial charge in [0.05, 0.1) is 5.56 Å². The highest BCUT2D eigenvalue weighted by atomic mass is 16.3. The van der Waals surface area contributed by atoms with E-state index < -0.39 is 0 Å². The first kappa shape index (κ1) is 9.25. The molecule has 14 heavy (non-hydrogen) atoms. The van der Waals surface area contributed by atoms with Crippen molar-refractivity contribution in [2.45, 2.75) is 32.6 Å². The van der Waals surface area contributed by atoms with Crippen molar-refractivity contribution < 1.29 is 9.90 Å². The number of benzene rings is 1. The van der Waals surface area contributed by atoms with E-state index in [2.05, 4.69) is 6.92 Å². The molecular weight excluding hydrogens is 176 g/mol. The van der Waals surface area contributed by atoms with E-state index >= 15 is 0 Å². The summed E-state index contributed by atoms with van der Waals surface area (Å²) in [5, 5.41) is 9.62. The summed E-state index contributed by atoms with van der Waals surface area (Å²) >= 11 is 0. The predicted molar refractivity (Wildman–Crippen MR) is 54.8 cm³/mol. The molecule has 0 aliphatic heterocycles. The van der Waals surface area contributed by atoms with E-state index in [0.717, 1.165) is 12.0 Å². The van der Waals surface area contributed by atoms with Crippen LogP contribution in [0.5, 0.6) is 5.75 Å². The summed E-state index contributed by atoms with van der Waals surface area (Å²) in [5.41, 5.74) is 2.82. The molecule has 0 radical (unpaired) electrons. The SMILES string of the molecule is CCc1ccc(O)c2c1C(C)CC2=O. The second kappa shape index (κ2) is 3.12. The number of fused-ring (bicyclic) bond motifs is 1. The molecule has 0 amide bonds. The van der Waals surface area contributed by atoms with Gasteiger partial charge in [-0.05, 0) is 29.5 Å². The van der Waals surface area contributed by atoms with Crippen molar-refractivity contribution in [1.82, 2.24) is 0 Å². The zero-order valence-corrected chi connectivity index (χ0v) is 8.50. The van der Waals surface area contributed by atoms with Crippen LogP contribution in [0, 0.1) is 0 Å². The number of phenols is 1. The van der Waals surface area contributed by atoms with Crippen LogP contribution in [0.1, 0.15) is 47.7 Å². The molecule has 1 N–H and O–H groups in total. The molecule has 0 fully saturated rings. The van der Waals surface area contributed by atoms with Gasteiger partial charge in [0.2, 0.25) is 0 Å². The number of ketones is 1. The lowest BCUT2D eigenvalue weighted by molar-refractivity contribution is 0.0988. The van der Waals surface area contributed by atoms with Crippen LogP contribution < -0.4 is 0 Å². The Morgan fingerprint density at radius 1 is 1.50 bits per heavy atom. The quantitative estimate of drug-likeness (QED) is 0.739. The molecule has 2 nitrogen and oxygen atoms in total. The zero-order valence-electron chi connectivity index (χ0n) is 8.50. The van der Waals surface area contributed by atoms with Crippen LogP contribution in [-0.4, -0.2) is 10.9 Å². The molecule has 1 aliphatic rings. The summed E-state index contributed by atoms with van der Waals surface area (Å²) in [6.45, 7) is 4.12. The van der Waals surface area contributed by atoms with Crippen LogP contribution in [0.25, 0.3) is 0 Å². The van der Waals surface area contributed by atoms with Crippen LogP contribution in [0.2, 0.25) is 0 Å². The number of hydrogen-bond donors (Lipinski definition) is 1. The van der Waals surface area contributed by atoms with E-state index in [4.69, 9.17) is 0 Å². The fourth-order valence-electron chi connectivity index (χ4n) is 2.30. The number of aryl methyl sites for hydroxylation is 1. The number of hydrogen-bond acceptors (Lipinski definition) is 2. The van der Waals surface area contributed by atoms with Crippen molar-refractivity contribution in [1.29, 1.82) is 0 Å². The Balaban J connectivity index is 2.69. The Hall–Kier alpha value is -1.31. The molecule has 2 heteroatoms. The van der Waals surface area contributed by atoms with Gasteiger partial charge in [-0.2, -0.15) is 0 Å². The molecule has 1 aromatic carbocycles. The summed E-state index contributed by atoms with van der Waals surface area (Å²) in [6.07, 6.45) is 1.46. The van der Waals surface area contributed by atoms with E-state index in [0.29, 0.717) is 12.0 Å². The molecule has 0 saturated heterocycles. The average Bonchev–Trinajstić information content (AvgIpc) is 2.44. The van der Waals surface area contributed by atoms with Gasteiger partial charge in [-0.3, -0.25) is 4.79 Å². The molecule has 1 atom stereocenters. The van der Waals surface area contributed by atoms with Gasteiger partial charge < -0.3 is 5.11 Å². The Labute approximate surface area is 83.6 Å². The second-order valence-electron chi connectivity index (χ2n) is 3.91. The number of carbonyl (C=O) groups excluding carboxylic acids is 1. The third-order valence-electron chi connectivity index (χ3n) is 2.96. The summed E-state index contributed by atoms with van der Waals surface area (Å²) in [5.74, 6) is 0.492. The third kappa shape index (κ3) is 1.14. The Bertz CT molecular complexity index is 394. The van der Waals surface area contributed by atoms with Crippen LogP contribution in [-0.2, 0) is 6.42 Å². The molecule has 0 saturated carbocycles. The van der Waals surface area contributed by atoms with Gasteiger partial charge in [-0.25, -0.2) is 0 Å². The van der Waals surface area contributed by atoms with Gasteiger partial charge in [0.25, 0.3) is 0 Å². The minimum Gasteiger partial charge on any atom is -0.507 e. The van der Waals surface area contributed by atoms with Gasteiger partial charge >= 0.3 is 0 Å². The van der Waals surface area contributed by atoms with Crippen LogP contribution in [0.15, 0.2) is 12.1 Å². The number of Topliss-reactive ketones (excluding diaryl/α,β-unsaturated/α-hetero) is 1. The molecule has 1 unspecified atom stereocenters. The summed E-state index contributed by atoms with van der Waals surface area (Å²) in [6, 6.07) is 3.55. The summed E-state index contributed by atoms with van der Waals surface area (Å²) < 4.78 is 0. The van der Waals surface area contributed by atoms with E-state index in [-0.39, 0.29) is 17.5 Å². The minimum absolute atomic E-state index is 0.0836. The van der Waals surface area contributed by atoms with Crippen LogP contribution >= 0.6 is 0 Å². The first-order valence-corrected chi connectivity index (χ1v) is 5.03. The minimum atomic E-state index is 0.0836. The zero-order chi connectivity index (χ0) is 10.3. The number of carbonyl (C=O) groups is 1. The van der Waals surface area contributed by atoms with Gasteiger partial charge in [0, 0.05) is 6.42 Å². The Morgan fingerprint density at radius 3 is 2.86 bits per heavy atom. The normalized spacial score (nSPS) is 19.9. The fourth-order valence-corrected chi connectivity index (χ4v) is 2.30. The molecule has 1 aromatic rings. The standard InChI is InChI=1S/C12H14O2/c1-3-8-4-5-9(13)12-10(14)6-7(2)11(8)12/h4-5,7,13H,3,6H2,1-2H3. The topological polar surface area (TPSA) is 37.3 Å². The highest BCUT2D eigenvalue weighted by Crippen LogP contribution is 2.39. The van der Waals surface area contributed by atoms with Crippen molar-refractivity contribution >= 4 is 5.78 Å². The third-order valence-corrected chi connectivity index (χ3v) is 2.96. The molecule has 74 valence electrons. The van der Waals surface area contributed by atoms with Crippen molar-refractivity contribution in [3.63, 3.8) is 0 Å². The van der Waals surface area contributed by atoms with Gasteiger partial charge in [0.1, 0.15) is 5.75 Å². The lowest BCUT2D eigenvalue weighted by atomic mass is 9.95. The molecule has 0 bridgehead atoms. The summed E-state index contributed by atoms with van der Waals surface area (Å²) in [4.78, 5) is 11.6. The highest BCUT2D eigenvalue weighted by molar-refractivity contribution is 6.04. The summed E-state index contributed by atoms with van der Waals surface area (Å²) in [7, 11) is 0. The average molecular weight is 190 g/mol. The monoisotopic (exact) mass is 190 g/mol. The van der Waals surface area contributed by atoms with E-state index in [1.165, 1.54) is 5.56 Å². The van der Waals surface area contributed by atoms with Crippen LogP contribution in [0.4, 0.5) is 0 Å². The van der Waals surface area contributed by atoms with Crippen molar-refractivity contribution in [3.8, 4) is 5.75 Å². The van der Waals surface area contributed by atoms with Gasteiger partial charge in [-0.15, -0.1) is 0 Å². The van der Waals surface area contributed by atoms with E-state index in [9.17, 15) is 9.90 Å². The first-order valence-electron chi connectivity index (χ1n) is 5.03. The number of phenolic OH excluding ortho intramolecular Hbond substituents is 1. The predicted octanol–water partition coefficient (Wildman–Crippen LogP) is 2.64. The molecule has 2 rings (SSSR count). The van der Waals surface area contributed by atoms with E-state index in [1.54, 1.807) is 6.07 Å². The fraction of sp³-hybridized carbons (Fsp3) is 0.417. The van der Waals surface area contributed by atoms with Crippen LogP contribution in [0.3, 0.4) is 0 Å². The smallest absolute Gasteiger partial charge is 0.167 e. The van der Waals surface area contributed by atoms with Crippen molar-refractivity contribution in [3.05, 3.63) is 28.8 Å². The molecule has 1 aliphatic carbocycles.